The molecule has 0 saturated heterocycles. The Kier molecular flexibility index (Phi) is 9.49. The molecule has 4 aromatic rings. The molecule has 0 radical (unpaired) electrons. The van der Waals surface area contributed by atoms with Crippen LogP contribution >= 0.6 is 0 Å². The van der Waals surface area contributed by atoms with Gasteiger partial charge in [-0.2, -0.15) is 0 Å². The van der Waals surface area contributed by atoms with Crippen LogP contribution in [0, 0.1) is 0 Å². The van der Waals surface area contributed by atoms with Crippen molar-refractivity contribution < 1.29 is 0 Å². The molecule has 182 valence electrons. The van der Waals surface area contributed by atoms with Crippen molar-refractivity contribution in [3.8, 4) is 0 Å². The summed E-state index contributed by atoms with van der Waals surface area (Å²) in [6.07, 6.45) is 10.7. The first-order chi connectivity index (χ1) is 17.2. The molecular weight excluding hydrogens is 527 g/mol. The molecule has 4 aromatic carbocycles. The van der Waals surface area contributed by atoms with Crippen LogP contribution in [0.4, 0.5) is 0 Å². The third-order valence-corrected chi connectivity index (χ3v) is 23.5. The van der Waals surface area contributed by atoms with E-state index in [1.165, 1.54) is 84.5 Å². The minimum atomic E-state index is -2.69. The van der Waals surface area contributed by atoms with Crippen LogP contribution in [0.15, 0.2) is 84.9 Å². The summed E-state index contributed by atoms with van der Waals surface area (Å²) >= 11 is -2.69. The van der Waals surface area contributed by atoms with Crippen molar-refractivity contribution in [1.29, 1.82) is 0 Å². The van der Waals surface area contributed by atoms with Gasteiger partial charge >= 0.3 is 218 Å². The molecule has 0 heterocycles. The minimum absolute atomic E-state index is 1.30. The fourth-order valence-corrected chi connectivity index (χ4v) is 22.5. The zero-order valence-electron chi connectivity index (χ0n) is 22.0. The molecule has 1 heteroatoms. The van der Waals surface area contributed by atoms with E-state index in [1.54, 1.807) is 3.59 Å². The van der Waals surface area contributed by atoms with Crippen molar-refractivity contribution in [3.63, 3.8) is 0 Å². The van der Waals surface area contributed by atoms with E-state index >= 15 is 0 Å². The molecule has 0 fully saturated rings. The van der Waals surface area contributed by atoms with E-state index in [0.717, 1.165) is 0 Å². The Morgan fingerprint density at radius 3 is 1.60 bits per heavy atom. The van der Waals surface area contributed by atoms with Crippen molar-refractivity contribution in [1.82, 2.24) is 0 Å². The van der Waals surface area contributed by atoms with E-state index in [0.29, 0.717) is 0 Å². The predicted octanol–water partition coefficient (Wildman–Crippen LogP) is 10.9. The molecule has 0 unspecified atom stereocenters. The van der Waals surface area contributed by atoms with E-state index in [-0.39, 0.29) is 0 Å². The van der Waals surface area contributed by atoms with Crippen molar-refractivity contribution in [2.75, 3.05) is 0 Å². The number of unbranched alkanes of at least 4 members (excludes halogenated alkanes) is 3. The third-order valence-electron chi connectivity index (χ3n) is 7.74. The monoisotopic (exact) mass is 570 g/mol. The van der Waals surface area contributed by atoms with E-state index in [1.807, 2.05) is 0 Å². The standard InChI is InChI=1S/C22H15.3C4H9.Sn/c1-3-7-21-15-17(11-13-19(21)5-1)9-10-18-12-14-20-6-2-4-8-22(20)16-18;3*1-3-4-2;/h1-9,11-16H;3*1,3-4H2,2H3;. The molecule has 0 aromatic heterocycles. The van der Waals surface area contributed by atoms with E-state index < -0.39 is 18.4 Å². The number of fused-ring (bicyclic) bond motifs is 2. The Morgan fingerprint density at radius 1 is 0.571 bits per heavy atom. The first-order valence-corrected chi connectivity index (χ1v) is 21.4. The molecule has 0 nitrogen and oxygen atoms in total. The van der Waals surface area contributed by atoms with Crippen LogP contribution in [-0.4, -0.2) is 18.4 Å². The fraction of sp³-hybridized carbons (Fsp3) is 0.353. The van der Waals surface area contributed by atoms with Gasteiger partial charge in [0.1, 0.15) is 0 Å². The summed E-state index contributed by atoms with van der Waals surface area (Å²) in [5.74, 6) is 0. The molecule has 0 saturated carbocycles. The maximum atomic E-state index is 2.63. The van der Waals surface area contributed by atoms with Gasteiger partial charge in [-0.05, 0) is 0 Å². The first kappa shape index (κ1) is 26.0. The first-order valence-electron chi connectivity index (χ1n) is 13.9. The van der Waals surface area contributed by atoms with Crippen LogP contribution in [0.3, 0.4) is 0 Å². The van der Waals surface area contributed by atoms with Gasteiger partial charge in [0.05, 0.1) is 0 Å². The average Bonchev–Trinajstić information content (AvgIpc) is 2.91. The number of benzene rings is 4. The Hall–Kier alpha value is -2.06. The number of hydrogen-bond acceptors (Lipinski definition) is 0. The molecule has 0 bridgehead atoms. The van der Waals surface area contributed by atoms with Gasteiger partial charge in [-0.25, -0.2) is 0 Å². The Labute approximate surface area is 217 Å². The molecule has 0 aliphatic carbocycles. The second-order valence-corrected chi connectivity index (χ2v) is 23.4. The van der Waals surface area contributed by atoms with Gasteiger partial charge in [0.25, 0.3) is 0 Å². The van der Waals surface area contributed by atoms with E-state index in [4.69, 9.17) is 0 Å². The van der Waals surface area contributed by atoms with Crippen molar-refractivity contribution in [3.05, 3.63) is 96.1 Å². The van der Waals surface area contributed by atoms with Gasteiger partial charge in [0, 0.05) is 0 Å². The van der Waals surface area contributed by atoms with Crippen LogP contribution in [0.25, 0.3) is 31.2 Å². The summed E-state index contributed by atoms with van der Waals surface area (Å²) in [4.78, 5) is 0. The average molecular weight is 569 g/mol. The summed E-state index contributed by atoms with van der Waals surface area (Å²) in [5.41, 5.74) is 2.87. The van der Waals surface area contributed by atoms with Gasteiger partial charge in [-0.1, -0.05) is 0 Å². The van der Waals surface area contributed by atoms with Gasteiger partial charge in [0.2, 0.25) is 0 Å². The predicted molar refractivity (Wildman–Crippen MR) is 161 cm³/mol. The van der Waals surface area contributed by atoms with E-state index in [2.05, 4.69) is 112 Å². The summed E-state index contributed by atoms with van der Waals surface area (Å²) in [6.45, 7) is 7.12. The maximum absolute atomic E-state index is 2.69. The molecular formula is C34H42Sn. The molecule has 0 spiro atoms. The number of hydrogen-bond donors (Lipinski definition) is 0. The zero-order valence-corrected chi connectivity index (χ0v) is 24.9. The molecule has 0 atom stereocenters. The number of rotatable bonds is 12. The molecule has 0 aliphatic heterocycles. The van der Waals surface area contributed by atoms with Crippen LogP contribution in [0.2, 0.25) is 13.3 Å². The fourth-order valence-electron chi connectivity index (χ4n) is 5.69. The van der Waals surface area contributed by atoms with Crippen molar-refractivity contribution in [2.45, 2.75) is 72.6 Å². The Balaban J connectivity index is 1.92. The summed E-state index contributed by atoms with van der Waals surface area (Å²) in [7, 11) is 0. The second kappa shape index (κ2) is 12.8. The van der Waals surface area contributed by atoms with Crippen LogP contribution in [0.5, 0.6) is 0 Å². The van der Waals surface area contributed by atoms with Gasteiger partial charge in [-0.3, -0.25) is 0 Å². The molecule has 4 rings (SSSR count). The molecule has 0 aliphatic rings. The molecule has 35 heavy (non-hydrogen) atoms. The molecule has 0 N–H and O–H groups in total. The van der Waals surface area contributed by atoms with Crippen LogP contribution < -0.4 is 0 Å². The Morgan fingerprint density at radius 2 is 1.06 bits per heavy atom. The normalized spacial score (nSPS) is 12.5. The van der Waals surface area contributed by atoms with E-state index in [9.17, 15) is 0 Å². The summed E-state index contributed by atoms with van der Waals surface area (Å²) in [5, 5.41) is 5.39. The second-order valence-electron chi connectivity index (χ2n) is 10.3. The van der Waals surface area contributed by atoms with Crippen LogP contribution in [-0.2, 0) is 0 Å². The zero-order chi connectivity index (χ0) is 24.5. The quantitative estimate of drug-likeness (QED) is 0.118. The van der Waals surface area contributed by atoms with Crippen LogP contribution in [0.1, 0.15) is 70.4 Å². The topological polar surface area (TPSA) is 0 Å². The van der Waals surface area contributed by atoms with Crippen molar-refractivity contribution >= 4 is 49.6 Å². The SMILES string of the molecule is CCC[CH2][Sn]([CH2]CCC)([CH2]CCC)/[C](=C/c1ccc2ccccc2c1)c1ccc2ccccc2c1. The Bertz CT molecular complexity index is 1240. The molecule has 0 amide bonds. The summed E-state index contributed by atoms with van der Waals surface area (Å²) in [6, 6.07) is 32.0. The summed E-state index contributed by atoms with van der Waals surface area (Å²) < 4.78 is 6.21. The third kappa shape index (κ3) is 6.39. The van der Waals surface area contributed by atoms with Gasteiger partial charge in [0.15, 0.2) is 0 Å². The van der Waals surface area contributed by atoms with Gasteiger partial charge in [-0.15, -0.1) is 0 Å². The van der Waals surface area contributed by atoms with Gasteiger partial charge < -0.3 is 0 Å². The van der Waals surface area contributed by atoms with Crippen molar-refractivity contribution in [2.24, 2.45) is 0 Å².